The van der Waals surface area contributed by atoms with Crippen LogP contribution in [-0.2, 0) is 0 Å². The zero-order valence-corrected chi connectivity index (χ0v) is 8.26. The van der Waals surface area contributed by atoms with E-state index in [1.54, 1.807) is 0 Å². The Morgan fingerprint density at radius 2 is 2.08 bits per heavy atom. The van der Waals surface area contributed by atoms with Gasteiger partial charge in [-0.15, -0.1) is 0 Å². The molecule has 72 valence electrons. The second kappa shape index (κ2) is 4.30. The summed E-state index contributed by atoms with van der Waals surface area (Å²) in [5.41, 5.74) is 7.33. The summed E-state index contributed by atoms with van der Waals surface area (Å²) in [5, 5.41) is 8.38. The van der Waals surface area contributed by atoms with Crippen LogP contribution in [0.4, 0.5) is 0 Å². The van der Waals surface area contributed by atoms with Crippen LogP contribution in [0.1, 0.15) is 34.1 Å². The zero-order chi connectivity index (χ0) is 9.78. The van der Waals surface area contributed by atoms with Gasteiger partial charge in [0.2, 0.25) is 5.96 Å². The summed E-state index contributed by atoms with van der Waals surface area (Å²) in [6, 6.07) is 0.129. The van der Waals surface area contributed by atoms with Crippen molar-refractivity contribution in [3.8, 4) is 0 Å². The molecule has 12 heavy (non-hydrogen) atoms. The number of hydrogen-bond acceptors (Lipinski definition) is 2. The summed E-state index contributed by atoms with van der Waals surface area (Å²) in [7, 11) is 0. The molecule has 0 saturated carbocycles. The van der Waals surface area contributed by atoms with E-state index in [0.29, 0.717) is 0 Å². The number of hydrogen-bond donors (Lipinski definition) is 3. The van der Waals surface area contributed by atoms with Crippen molar-refractivity contribution < 1.29 is 5.21 Å². The van der Waals surface area contributed by atoms with E-state index in [-0.39, 0.29) is 17.4 Å². The summed E-state index contributed by atoms with van der Waals surface area (Å²) in [4.78, 5) is 4.01. The molecule has 0 aliphatic carbocycles. The molecular formula is C8H19N3O. The molecule has 0 aliphatic rings. The summed E-state index contributed by atoms with van der Waals surface area (Å²) >= 11 is 0. The van der Waals surface area contributed by atoms with E-state index < -0.39 is 0 Å². The van der Waals surface area contributed by atoms with Crippen LogP contribution in [0.2, 0.25) is 0 Å². The highest BCUT2D eigenvalue weighted by Gasteiger charge is 2.14. The van der Waals surface area contributed by atoms with Gasteiger partial charge in [-0.2, -0.15) is 0 Å². The van der Waals surface area contributed by atoms with Crippen molar-refractivity contribution in [1.82, 2.24) is 5.48 Å². The molecule has 4 N–H and O–H groups in total. The SMILES string of the molecule is CC(CC(C)(C)C)N=C(N)NO. The summed E-state index contributed by atoms with van der Waals surface area (Å²) in [6.45, 7) is 8.39. The van der Waals surface area contributed by atoms with Crippen molar-refractivity contribution in [3.63, 3.8) is 0 Å². The molecule has 0 radical (unpaired) electrons. The first kappa shape index (κ1) is 11.2. The molecule has 0 bridgehead atoms. The van der Waals surface area contributed by atoms with Gasteiger partial charge in [-0.25, -0.2) is 10.5 Å². The standard InChI is InChI=1S/C8H19N3O/c1-6(5-8(2,3)4)10-7(9)11-12/h6,12H,5H2,1-4H3,(H3,9,10,11). The largest absolute Gasteiger partial charge is 0.368 e. The summed E-state index contributed by atoms with van der Waals surface area (Å²) in [5.74, 6) is 0.0757. The molecule has 0 amide bonds. The van der Waals surface area contributed by atoms with Crippen molar-refractivity contribution in [2.75, 3.05) is 0 Å². The van der Waals surface area contributed by atoms with Crippen molar-refractivity contribution >= 4 is 5.96 Å². The van der Waals surface area contributed by atoms with Crippen LogP contribution in [-0.4, -0.2) is 17.2 Å². The van der Waals surface area contributed by atoms with Crippen molar-refractivity contribution in [2.45, 2.75) is 40.2 Å². The van der Waals surface area contributed by atoms with E-state index in [2.05, 4.69) is 25.8 Å². The molecule has 4 nitrogen and oxygen atoms in total. The predicted molar refractivity (Wildman–Crippen MR) is 50.1 cm³/mol. The Bertz CT molecular complexity index is 160. The van der Waals surface area contributed by atoms with Crippen LogP contribution in [0.15, 0.2) is 4.99 Å². The van der Waals surface area contributed by atoms with E-state index in [9.17, 15) is 0 Å². The number of nitrogens with two attached hydrogens (primary N) is 1. The van der Waals surface area contributed by atoms with Gasteiger partial charge in [0.15, 0.2) is 0 Å². The Labute approximate surface area is 73.8 Å². The molecule has 0 rings (SSSR count). The molecule has 0 fully saturated rings. The lowest BCUT2D eigenvalue weighted by Gasteiger charge is -2.20. The fourth-order valence-corrected chi connectivity index (χ4v) is 1.20. The topological polar surface area (TPSA) is 70.6 Å². The Morgan fingerprint density at radius 1 is 1.58 bits per heavy atom. The van der Waals surface area contributed by atoms with Crippen molar-refractivity contribution in [3.05, 3.63) is 0 Å². The smallest absolute Gasteiger partial charge is 0.213 e. The minimum absolute atomic E-state index is 0.0757. The molecule has 0 spiro atoms. The van der Waals surface area contributed by atoms with E-state index >= 15 is 0 Å². The molecule has 1 atom stereocenters. The fourth-order valence-electron chi connectivity index (χ4n) is 1.20. The third-order valence-electron chi connectivity index (χ3n) is 1.38. The lowest BCUT2D eigenvalue weighted by Crippen LogP contribution is -2.30. The van der Waals surface area contributed by atoms with Crippen LogP contribution < -0.4 is 11.2 Å². The molecule has 1 unspecified atom stereocenters. The maximum absolute atomic E-state index is 8.38. The lowest BCUT2D eigenvalue weighted by molar-refractivity contribution is 0.231. The molecule has 0 aromatic heterocycles. The van der Waals surface area contributed by atoms with Crippen molar-refractivity contribution in [2.24, 2.45) is 16.1 Å². The second-order valence-corrected chi connectivity index (χ2v) is 4.24. The third kappa shape index (κ3) is 5.97. The molecule has 0 heterocycles. The second-order valence-electron chi connectivity index (χ2n) is 4.24. The van der Waals surface area contributed by atoms with Gasteiger partial charge in [0.05, 0.1) is 6.04 Å². The van der Waals surface area contributed by atoms with Crippen LogP contribution >= 0.6 is 0 Å². The number of hydroxylamine groups is 1. The van der Waals surface area contributed by atoms with Crippen LogP contribution in [0.3, 0.4) is 0 Å². The first-order valence-corrected chi connectivity index (χ1v) is 4.08. The molecule has 0 aliphatic heterocycles. The van der Waals surface area contributed by atoms with Gasteiger partial charge < -0.3 is 5.73 Å². The van der Waals surface area contributed by atoms with E-state index in [1.165, 1.54) is 0 Å². The quantitative estimate of drug-likeness (QED) is 0.333. The van der Waals surface area contributed by atoms with Crippen LogP contribution in [0.5, 0.6) is 0 Å². The van der Waals surface area contributed by atoms with E-state index in [0.717, 1.165) is 6.42 Å². The minimum atomic E-state index is 0.0757. The number of guanidine groups is 1. The number of rotatable bonds is 2. The van der Waals surface area contributed by atoms with Gasteiger partial charge in [-0.1, -0.05) is 20.8 Å². The third-order valence-corrected chi connectivity index (χ3v) is 1.38. The van der Waals surface area contributed by atoms with Crippen LogP contribution in [0.25, 0.3) is 0 Å². The predicted octanol–water partition coefficient (Wildman–Crippen LogP) is 1.10. The molecule has 0 aromatic rings. The molecular weight excluding hydrogens is 154 g/mol. The van der Waals surface area contributed by atoms with E-state index in [4.69, 9.17) is 10.9 Å². The first-order chi connectivity index (χ1) is 5.35. The molecule has 0 aromatic carbocycles. The average Bonchev–Trinajstić information content (AvgIpc) is 1.82. The molecule has 0 saturated heterocycles. The van der Waals surface area contributed by atoms with Gasteiger partial charge in [-0.05, 0) is 18.8 Å². The summed E-state index contributed by atoms with van der Waals surface area (Å²) < 4.78 is 0. The average molecular weight is 173 g/mol. The van der Waals surface area contributed by atoms with Crippen LogP contribution in [0, 0.1) is 5.41 Å². The zero-order valence-electron chi connectivity index (χ0n) is 8.26. The maximum atomic E-state index is 8.38. The molecule has 4 heteroatoms. The van der Waals surface area contributed by atoms with Gasteiger partial charge in [0.1, 0.15) is 0 Å². The minimum Gasteiger partial charge on any atom is -0.368 e. The maximum Gasteiger partial charge on any atom is 0.213 e. The van der Waals surface area contributed by atoms with Crippen molar-refractivity contribution in [1.29, 1.82) is 0 Å². The fraction of sp³-hybridized carbons (Fsp3) is 0.875. The Kier molecular flexibility index (Phi) is 4.03. The van der Waals surface area contributed by atoms with Gasteiger partial charge in [0, 0.05) is 0 Å². The normalized spacial score (nSPS) is 15.9. The number of nitrogens with zero attached hydrogens (tertiary/aromatic N) is 1. The van der Waals surface area contributed by atoms with Gasteiger partial charge >= 0.3 is 0 Å². The monoisotopic (exact) mass is 173 g/mol. The Balaban J connectivity index is 3.97. The van der Waals surface area contributed by atoms with Gasteiger partial charge in [0.25, 0.3) is 0 Å². The Morgan fingerprint density at radius 3 is 2.42 bits per heavy atom. The number of nitrogens with one attached hydrogen (secondary N) is 1. The van der Waals surface area contributed by atoms with Gasteiger partial charge in [-0.3, -0.25) is 5.21 Å². The highest BCUT2D eigenvalue weighted by molar-refractivity contribution is 5.76. The first-order valence-electron chi connectivity index (χ1n) is 4.08. The van der Waals surface area contributed by atoms with E-state index in [1.807, 2.05) is 12.4 Å². The summed E-state index contributed by atoms with van der Waals surface area (Å²) in [6.07, 6.45) is 0.940. The number of aliphatic imine (C=N–C) groups is 1. The highest BCUT2D eigenvalue weighted by atomic mass is 16.5. The Hall–Kier alpha value is -0.770. The highest BCUT2D eigenvalue weighted by Crippen LogP contribution is 2.21. The lowest BCUT2D eigenvalue weighted by atomic mass is 9.89.